The van der Waals surface area contributed by atoms with E-state index in [0.717, 1.165) is 12.1 Å². The van der Waals surface area contributed by atoms with Crippen molar-refractivity contribution in [2.45, 2.75) is 26.1 Å². The highest BCUT2D eigenvalue weighted by Gasteiger charge is 2.34. The zero-order valence-electron chi connectivity index (χ0n) is 10.8. The van der Waals surface area contributed by atoms with Crippen molar-refractivity contribution in [1.29, 1.82) is 5.26 Å². The Morgan fingerprint density at radius 3 is 2.55 bits per heavy atom. The van der Waals surface area contributed by atoms with Crippen LogP contribution in [0.1, 0.15) is 29.2 Å². The summed E-state index contributed by atoms with van der Waals surface area (Å²) in [4.78, 5) is 11.4. The van der Waals surface area contributed by atoms with Crippen LogP contribution in [0.5, 0.6) is 0 Å². The van der Waals surface area contributed by atoms with Crippen molar-refractivity contribution in [2.24, 2.45) is 5.73 Å². The number of nitriles is 1. The Bertz CT molecular complexity index is 548. The van der Waals surface area contributed by atoms with E-state index in [-0.39, 0.29) is 29.7 Å². The molecule has 0 bridgehead atoms. The van der Waals surface area contributed by atoms with Crippen LogP contribution in [0.15, 0.2) is 12.1 Å². The van der Waals surface area contributed by atoms with Crippen LogP contribution in [0.3, 0.4) is 0 Å². The molecule has 0 fully saturated rings. The van der Waals surface area contributed by atoms with E-state index in [9.17, 15) is 18.0 Å². The third-order valence-electron chi connectivity index (χ3n) is 2.66. The number of alkyl halides is 3. The molecule has 0 saturated heterocycles. The summed E-state index contributed by atoms with van der Waals surface area (Å²) >= 11 is 0. The van der Waals surface area contributed by atoms with Crippen molar-refractivity contribution >= 4 is 5.97 Å². The van der Waals surface area contributed by atoms with Crippen LogP contribution in [-0.2, 0) is 28.7 Å². The maximum atomic E-state index is 12.8. The van der Waals surface area contributed by atoms with Gasteiger partial charge in [0.15, 0.2) is 0 Å². The second kappa shape index (κ2) is 6.39. The number of esters is 1. The van der Waals surface area contributed by atoms with Gasteiger partial charge in [0.05, 0.1) is 30.2 Å². The molecule has 0 aliphatic heterocycles. The summed E-state index contributed by atoms with van der Waals surface area (Å²) in [5.41, 5.74) is 4.02. The highest BCUT2D eigenvalue weighted by atomic mass is 19.4. The number of rotatable bonds is 4. The average molecular weight is 286 g/mol. The minimum atomic E-state index is -4.59. The number of benzene rings is 1. The minimum Gasteiger partial charge on any atom is -0.466 e. The van der Waals surface area contributed by atoms with Gasteiger partial charge in [-0.3, -0.25) is 4.79 Å². The van der Waals surface area contributed by atoms with E-state index in [1.165, 1.54) is 0 Å². The average Bonchev–Trinajstić information content (AvgIpc) is 2.36. The SMILES string of the molecule is CCOC(=O)Cc1ccc(C(F)(F)F)c(CN)c1C#N. The van der Waals surface area contributed by atoms with E-state index in [0.29, 0.717) is 0 Å². The summed E-state index contributed by atoms with van der Waals surface area (Å²) in [7, 11) is 0. The van der Waals surface area contributed by atoms with Crippen LogP contribution in [0.4, 0.5) is 13.2 Å². The summed E-state index contributed by atoms with van der Waals surface area (Å²) in [5.74, 6) is -0.605. The molecule has 0 radical (unpaired) electrons. The van der Waals surface area contributed by atoms with Crippen LogP contribution in [0.25, 0.3) is 0 Å². The number of halogens is 3. The van der Waals surface area contributed by atoms with Crippen molar-refractivity contribution in [3.63, 3.8) is 0 Å². The first-order valence-corrected chi connectivity index (χ1v) is 5.82. The molecule has 0 atom stereocenters. The fourth-order valence-corrected chi connectivity index (χ4v) is 1.83. The van der Waals surface area contributed by atoms with Gasteiger partial charge in [-0.15, -0.1) is 0 Å². The standard InChI is InChI=1S/C13H13F3N2O2/c1-2-20-12(19)5-8-3-4-11(13(14,15)16)10(7-18)9(8)6-17/h3-4H,2,5,7,18H2,1H3. The van der Waals surface area contributed by atoms with Gasteiger partial charge in [0.2, 0.25) is 0 Å². The van der Waals surface area contributed by atoms with E-state index in [1.807, 2.05) is 0 Å². The van der Waals surface area contributed by atoms with Crippen molar-refractivity contribution in [2.75, 3.05) is 6.61 Å². The quantitative estimate of drug-likeness (QED) is 0.860. The van der Waals surface area contributed by atoms with Gasteiger partial charge in [0.1, 0.15) is 0 Å². The lowest BCUT2D eigenvalue weighted by atomic mass is 9.94. The molecule has 0 heterocycles. The van der Waals surface area contributed by atoms with Gasteiger partial charge in [0, 0.05) is 6.54 Å². The van der Waals surface area contributed by atoms with Crippen LogP contribution in [0, 0.1) is 11.3 Å². The van der Waals surface area contributed by atoms with Crippen molar-refractivity contribution in [3.05, 3.63) is 34.4 Å². The molecule has 20 heavy (non-hydrogen) atoms. The molecule has 0 aromatic heterocycles. The van der Waals surface area contributed by atoms with Gasteiger partial charge in [0.25, 0.3) is 0 Å². The lowest BCUT2D eigenvalue weighted by Crippen LogP contribution is -2.16. The second-order valence-corrected chi connectivity index (χ2v) is 3.92. The van der Waals surface area contributed by atoms with E-state index < -0.39 is 24.3 Å². The predicted octanol–water partition coefficient (Wildman–Crippen LogP) is 2.14. The number of nitrogens with zero attached hydrogens (tertiary/aromatic N) is 1. The molecule has 1 aromatic carbocycles. The number of ether oxygens (including phenoxy) is 1. The summed E-state index contributed by atoms with van der Waals surface area (Å²) < 4.78 is 43.1. The maximum absolute atomic E-state index is 12.8. The highest BCUT2D eigenvalue weighted by Crippen LogP contribution is 2.34. The smallest absolute Gasteiger partial charge is 0.416 e. The fraction of sp³-hybridized carbons (Fsp3) is 0.385. The minimum absolute atomic E-state index is 0.158. The van der Waals surface area contributed by atoms with E-state index in [1.54, 1.807) is 13.0 Å². The van der Waals surface area contributed by atoms with E-state index in [2.05, 4.69) is 0 Å². The number of carbonyl (C=O) groups excluding carboxylic acids is 1. The van der Waals surface area contributed by atoms with Gasteiger partial charge in [-0.05, 0) is 24.1 Å². The second-order valence-electron chi connectivity index (χ2n) is 3.92. The topological polar surface area (TPSA) is 76.1 Å². The first-order chi connectivity index (χ1) is 9.35. The van der Waals surface area contributed by atoms with Gasteiger partial charge in [-0.25, -0.2) is 0 Å². The molecule has 0 aliphatic carbocycles. The first kappa shape index (κ1) is 16.0. The monoisotopic (exact) mass is 286 g/mol. The molecule has 0 spiro atoms. The molecule has 0 unspecified atom stereocenters. The van der Waals surface area contributed by atoms with Crippen LogP contribution < -0.4 is 5.73 Å². The van der Waals surface area contributed by atoms with E-state index in [4.69, 9.17) is 15.7 Å². The van der Waals surface area contributed by atoms with Crippen molar-refractivity contribution < 1.29 is 22.7 Å². The zero-order chi connectivity index (χ0) is 15.3. The summed E-state index contributed by atoms with van der Waals surface area (Å²) in [5, 5.41) is 9.04. The number of hydrogen-bond acceptors (Lipinski definition) is 4. The lowest BCUT2D eigenvalue weighted by molar-refractivity contribution is -0.142. The summed E-state index contributed by atoms with van der Waals surface area (Å²) in [6.07, 6.45) is -4.86. The lowest BCUT2D eigenvalue weighted by Gasteiger charge is -2.15. The summed E-state index contributed by atoms with van der Waals surface area (Å²) in [6, 6.07) is 3.63. The predicted molar refractivity (Wildman–Crippen MR) is 64.4 cm³/mol. The van der Waals surface area contributed by atoms with Gasteiger partial charge >= 0.3 is 12.1 Å². The first-order valence-electron chi connectivity index (χ1n) is 5.82. The summed E-state index contributed by atoms with van der Waals surface area (Å²) in [6.45, 7) is 1.33. The maximum Gasteiger partial charge on any atom is 0.416 e. The molecule has 0 amide bonds. The fourth-order valence-electron chi connectivity index (χ4n) is 1.83. The molecule has 7 heteroatoms. The molecule has 2 N–H and O–H groups in total. The Morgan fingerprint density at radius 1 is 1.45 bits per heavy atom. The van der Waals surface area contributed by atoms with Gasteiger partial charge < -0.3 is 10.5 Å². The highest BCUT2D eigenvalue weighted by molar-refractivity contribution is 5.74. The van der Waals surface area contributed by atoms with E-state index >= 15 is 0 Å². The third-order valence-corrected chi connectivity index (χ3v) is 2.66. The number of carbonyl (C=O) groups is 1. The largest absolute Gasteiger partial charge is 0.466 e. The molecular weight excluding hydrogens is 273 g/mol. The van der Waals surface area contributed by atoms with Crippen LogP contribution in [-0.4, -0.2) is 12.6 Å². The van der Waals surface area contributed by atoms with Crippen LogP contribution in [0.2, 0.25) is 0 Å². The molecule has 1 rings (SSSR count). The van der Waals surface area contributed by atoms with Gasteiger partial charge in [-0.2, -0.15) is 18.4 Å². The molecule has 4 nitrogen and oxygen atoms in total. The number of nitrogens with two attached hydrogens (primary N) is 1. The zero-order valence-corrected chi connectivity index (χ0v) is 10.8. The Hall–Kier alpha value is -2.07. The molecule has 0 saturated carbocycles. The molecule has 108 valence electrons. The molecular formula is C13H13F3N2O2. The Balaban J connectivity index is 3.30. The normalized spacial score (nSPS) is 11.0. The van der Waals surface area contributed by atoms with Crippen molar-refractivity contribution in [1.82, 2.24) is 0 Å². The Morgan fingerprint density at radius 2 is 2.10 bits per heavy atom. The van der Waals surface area contributed by atoms with Gasteiger partial charge in [-0.1, -0.05) is 6.07 Å². The van der Waals surface area contributed by atoms with Crippen LogP contribution >= 0.6 is 0 Å². The molecule has 0 aliphatic rings. The Kier molecular flexibility index (Phi) is 5.11. The van der Waals surface area contributed by atoms with Crippen molar-refractivity contribution in [3.8, 4) is 6.07 Å². The molecule has 1 aromatic rings. The Labute approximate surface area is 113 Å². The number of hydrogen-bond donors (Lipinski definition) is 1. The third kappa shape index (κ3) is 3.48.